The van der Waals surface area contributed by atoms with Gasteiger partial charge in [0.1, 0.15) is 0 Å². The van der Waals surface area contributed by atoms with Gasteiger partial charge in [0, 0.05) is 23.3 Å². The van der Waals surface area contributed by atoms with E-state index < -0.39 is 0 Å². The number of nitrogens with zero attached hydrogens (tertiary/aromatic N) is 3. The largest absolute Gasteiger partial charge is 0.397 e. The molecule has 0 aliphatic rings. The Kier molecular flexibility index (Phi) is 6.18. The number of nitrogens with two attached hydrogens (primary N) is 1. The number of hydrogen-bond donors (Lipinski definition) is 2. The smallest absolute Gasteiger partial charge is 0.224 e. The van der Waals surface area contributed by atoms with Crippen molar-refractivity contribution in [2.24, 2.45) is 0 Å². The second-order valence-electron chi connectivity index (χ2n) is 7.87. The summed E-state index contributed by atoms with van der Waals surface area (Å²) in [5.74, 6) is -0.116. The average Bonchev–Trinajstić information content (AvgIpc) is 3.57. The van der Waals surface area contributed by atoms with Gasteiger partial charge in [-0.1, -0.05) is 65.9 Å². The highest BCUT2D eigenvalue weighted by molar-refractivity contribution is 7.13. The minimum absolute atomic E-state index is 0.116. The fraction of sp³-hybridized carbons (Fsp3) is 0.0741. The van der Waals surface area contributed by atoms with Gasteiger partial charge in [-0.3, -0.25) is 4.79 Å². The highest BCUT2D eigenvalue weighted by Gasteiger charge is 2.12. The lowest BCUT2D eigenvalue weighted by atomic mass is 10.0. The Hall–Kier alpha value is -4.23. The number of carbonyl (C=O) groups excluding carboxylic acids is 1. The number of nitrogens with one attached hydrogen (secondary N) is 1. The second-order valence-corrected chi connectivity index (χ2v) is 8.81. The van der Waals surface area contributed by atoms with Gasteiger partial charge < -0.3 is 11.1 Å². The zero-order valence-corrected chi connectivity index (χ0v) is 19.2. The molecule has 0 saturated carbocycles. The number of aryl methyl sites for hydroxylation is 1. The standard InChI is InChI=1S/C27H23N5OS/c28-23-14-12-20(26-11-6-16-34-26)17-24(23)29-27(33)15-13-21-18-32(31-30-21)25-10-5-4-9-22(25)19-7-2-1-3-8-19/h1-12,14,16-18H,13,15,28H2,(H,29,33). The Labute approximate surface area is 201 Å². The quantitative estimate of drug-likeness (QED) is 0.297. The molecule has 0 atom stereocenters. The van der Waals surface area contributed by atoms with E-state index in [2.05, 4.69) is 33.8 Å². The van der Waals surface area contributed by atoms with Crippen molar-refractivity contribution in [3.63, 3.8) is 0 Å². The van der Waals surface area contributed by atoms with Gasteiger partial charge in [0.2, 0.25) is 5.91 Å². The van der Waals surface area contributed by atoms with E-state index in [0.717, 1.165) is 32.9 Å². The predicted molar refractivity (Wildman–Crippen MR) is 138 cm³/mol. The van der Waals surface area contributed by atoms with E-state index in [4.69, 9.17) is 5.73 Å². The molecule has 0 bridgehead atoms. The molecule has 0 aliphatic carbocycles. The predicted octanol–water partition coefficient (Wildman–Crippen LogP) is 5.82. The zero-order valence-electron chi connectivity index (χ0n) is 18.4. The number of nitrogen functional groups attached to an aromatic ring is 1. The molecule has 3 aromatic carbocycles. The number of anilines is 2. The van der Waals surface area contributed by atoms with E-state index in [1.165, 1.54) is 0 Å². The molecule has 3 N–H and O–H groups in total. The molecular formula is C27H23N5OS. The van der Waals surface area contributed by atoms with Crippen LogP contribution in [0, 0.1) is 0 Å². The van der Waals surface area contributed by atoms with E-state index in [0.29, 0.717) is 17.8 Å². The lowest BCUT2D eigenvalue weighted by Crippen LogP contribution is -2.13. The minimum atomic E-state index is -0.116. The van der Waals surface area contributed by atoms with Gasteiger partial charge in [-0.05, 0) is 40.8 Å². The number of aromatic nitrogens is 3. The van der Waals surface area contributed by atoms with Crippen molar-refractivity contribution < 1.29 is 4.79 Å². The molecule has 168 valence electrons. The van der Waals surface area contributed by atoms with Gasteiger partial charge in [0.05, 0.1) is 29.0 Å². The SMILES string of the molecule is Nc1ccc(-c2cccs2)cc1NC(=O)CCc1cn(-c2ccccc2-c2ccccc2)nn1. The third-order valence-corrected chi connectivity index (χ3v) is 6.44. The van der Waals surface area contributed by atoms with Gasteiger partial charge >= 0.3 is 0 Å². The van der Waals surface area contributed by atoms with Crippen LogP contribution in [0.15, 0.2) is 96.5 Å². The average molecular weight is 466 g/mol. The van der Waals surface area contributed by atoms with Crippen LogP contribution in [0.1, 0.15) is 12.1 Å². The Bertz CT molecular complexity index is 1410. The topological polar surface area (TPSA) is 85.8 Å². The number of rotatable bonds is 7. The molecular weight excluding hydrogens is 442 g/mol. The molecule has 7 heteroatoms. The van der Waals surface area contributed by atoms with Crippen LogP contribution in [0.25, 0.3) is 27.3 Å². The molecule has 6 nitrogen and oxygen atoms in total. The van der Waals surface area contributed by atoms with Crippen molar-refractivity contribution in [2.45, 2.75) is 12.8 Å². The normalized spacial score (nSPS) is 10.8. The highest BCUT2D eigenvalue weighted by Crippen LogP contribution is 2.30. The maximum absolute atomic E-state index is 12.6. The molecule has 5 rings (SSSR count). The molecule has 0 fully saturated rings. The summed E-state index contributed by atoms with van der Waals surface area (Å²) in [5, 5.41) is 13.5. The van der Waals surface area contributed by atoms with E-state index in [1.807, 2.05) is 78.3 Å². The molecule has 5 aromatic rings. The van der Waals surface area contributed by atoms with E-state index in [-0.39, 0.29) is 12.3 Å². The zero-order chi connectivity index (χ0) is 23.3. The maximum atomic E-state index is 12.6. The van der Waals surface area contributed by atoms with Gasteiger partial charge in [-0.2, -0.15) is 0 Å². The molecule has 0 radical (unpaired) electrons. The number of carbonyl (C=O) groups is 1. The third-order valence-electron chi connectivity index (χ3n) is 5.52. The number of para-hydroxylation sites is 1. The first-order valence-electron chi connectivity index (χ1n) is 11.0. The van der Waals surface area contributed by atoms with Crippen molar-refractivity contribution in [3.8, 4) is 27.3 Å². The fourth-order valence-corrected chi connectivity index (χ4v) is 4.50. The summed E-state index contributed by atoms with van der Waals surface area (Å²) in [6.07, 6.45) is 2.63. The monoisotopic (exact) mass is 465 g/mol. The summed E-state index contributed by atoms with van der Waals surface area (Å²) in [6, 6.07) is 28.0. The Morgan fingerprint density at radius 2 is 1.76 bits per heavy atom. The Morgan fingerprint density at radius 3 is 2.59 bits per heavy atom. The van der Waals surface area contributed by atoms with Crippen molar-refractivity contribution in [1.82, 2.24) is 15.0 Å². The first kappa shape index (κ1) is 21.6. The van der Waals surface area contributed by atoms with E-state index in [1.54, 1.807) is 16.0 Å². The van der Waals surface area contributed by atoms with Crippen molar-refractivity contribution in [1.29, 1.82) is 0 Å². The van der Waals surface area contributed by atoms with Crippen LogP contribution in [0.5, 0.6) is 0 Å². The van der Waals surface area contributed by atoms with Crippen LogP contribution in [-0.2, 0) is 11.2 Å². The molecule has 0 unspecified atom stereocenters. The van der Waals surface area contributed by atoms with Gasteiger partial charge in [-0.25, -0.2) is 4.68 Å². The molecule has 0 saturated heterocycles. The lowest BCUT2D eigenvalue weighted by molar-refractivity contribution is -0.116. The maximum Gasteiger partial charge on any atom is 0.224 e. The fourth-order valence-electron chi connectivity index (χ4n) is 3.78. The van der Waals surface area contributed by atoms with Crippen LogP contribution < -0.4 is 11.1 Å². The summed E-state index contributed by atoms with van der Waals surface area (Å²) in [5.41, 5.74) is 12.1. The Balaban J connectivity index is 1.26. The van der Waals surface area contributed by atoms with E-state index >= 15 is 0 Å². The molecule has 34 heavy (non-hydrogen) atoms. The molecule has 0 spiro atoms. The molecule has 2 heterocycles. The van der Waals surface area contributed by atoms with Crippen molar-refractivity contribution in [3.05, 3.63) is 102 Å². The van der Waals surface area contributed by atoms with E-state index in [9.17, 15) is 4.79 Å². The second kappa shape index (κ2) is 9.72. The van der Waals surface area contributed by atoms with Crippen LogP contribution in [0.2, 0.25) is 0 Å². The van der Waals surface area contributed by atoms with Gasteiger partial charge in [0.15, 0.2) is 0 Å². The van der Waals surface area contributed by atoms with Crippen LogP contribution in [0.3, 0.4) is 0 Å². The lowest BCUT2D eigenvalue weighted by Gasteiger charge is -2.10. The van der Waals surface area contributed by atoms with Crippen molar-refractivity contribution >= 4 is 28.6 Å². The van der Waals surface area contributed by atoms with Gasteiger partial charge in [0.25, 0.3) is 0 Å². The number of benzene rings is 3. The van der Waals surface area contributed by atoms with Crippen LogP contribution in [-0.4, -0.2) is 20.9 Å². The molecule has 0 aliphatic heterocycles. The summed E-state index contributed by atoms with van der Waals surface area (Å²) in [4.78, 5) is 13.8. The highest BCUT2D eigenvalue weighted by atomic mass is 32.1. The van der Waals surface area contributed by atoms with Crippen LogP contribution in [0.4, 0.5) is 11.4 Å². The van der Waals surface area contributed by atoms with Gasteiger partial charge in [-0.15, -0.1) is 16.4 Å². The minimum Gasteiger partial charge on any atom is -0.397 e. The summed E-state index contributed by atoms with van der Waals surface area (Å²) < 4.78 is 1.76. The summed E-state index contributed by atoms with van der Waals surface area (Å²) in [7, 11) is 0. The molecule has 2 aromatic heterocycles. The summed E-state index contributed by atoms with van der Waals surface area (Å²) >= 11 is 1.65. The first-order chi connectivity index (χ1) is 16.7. The Morgan fingerprint density at radius 1 is 0.941 bits per heavy atom. The number of thiophene rings is 1. The summed E-state index contributed by atoms with van der Waals surface area (Å²) in [6.45, 7) is 0. The van der Waals surface area contributed by atoms with Crippen LogP contribution >= 0.6 is 11.3 Å². The number of hydrogen-bond acceptors (Lipinski definition) is 5. The third kappa shape index (κ3) is 4.74. The first-order valence-corrected chi connectivity index (χ1v) is 11.8. The number of amides is 1. The molecule has 1 amide bonds. The van der Waals surface area contributed by atoms with Crippen molar-refractivity contribution in [2.75, 3.05) is 11.1 Å².